The molecule has 2 aromatic rings. The van der Waals surface area contributed by atoms with E-state index in [1.165, 1.54) is 6.07 Å². The van der Waals surface area contributed by atoms with E-state index in [0.717, 1.165) is 31.4 Å². The normalized spacial score (nSPS) is 15.0. The Bertz CT molecular complexity index is 748. The Morgan fingerprint density at radius 2 is 2.10 bits per heavy atom. The summed E-state index contributed by atoms with van der Waals surface area (Å²) >= 11 is 11.1. The number of nitrogens with one attached hydrogen (secondary N) is 1. The van der Waals surface area contributed by atoms with E-state index in [4.69, 9.17) is 23.8 Å². The number of fused-ring (bicyclic) bond motifs is 1. The Kier molecular flexibility index (Phi) is 3.99. The van der Waals surface area contributed by atoms with E-state index in [-0.39, 0.29) is 10.9 Å². The first-order valence-electron chi connectivity index (χ1n) is 6.91. The number of amides is 1. The van der Waals surface area contributed by atoms with Crippen LogP contribution >= 0.6 is 23.8 Å². The minimum atomic E-state index is -0.485. The van der Waals surface area contributed by atoms with E-state index in [1.54, 1.807) is 10.6 Å². The Morgan fingerprint density at radius 1 is 1.38 bits per heavy atom. The van der Waals surface area contributed by atoms with Gasteiger partial charge < -0.3 is 14.5 Å². The Labute approximate surface area is 131 Å². The standard InChI is InChI=1S/C14H15ClFN3OS/c15-9-7-12-11(8-10(9)16)17-14(21)19(12)6-3-13(20)18-4-1-2-5-18/h7-8H,1-6H2,(H,17,21). The Hall–Kier alpha value is -1.40. The second-order valence-corrected chi connectivity index (χ2v) is 6.00. The highest BCUT2D eigenvalue weighted by atomic mass is 35.5. The van der Waals surface area contributed by atoms with Crippen molar-refractivity contribution >= 4 is 40.8 Å². The van der Waals surface area contributed by atoms with E-state index >= 15 is 0 Å². The van der Waals surface area contributed by atoms with Crippen LogP contribution in [0.3, 0.4) is 0 Å². The molecule has 0 aliphatic carbocycles. The lowest BCUT2D eigenvalue weighted by Crippen LogP contribution is -2.28. The average Bonchev–Trinajstić information content (AvgIpc) is 3.06. The van der Waals surface area contributed by atoms with Gasteiger partial charge in [0.05, 0.1) is 16.1 Å². The van der Waals surface area contributed by atoms with Gasteiger partial charge in [-0.25, -0.2) is 4.39 Å². The molecule has 2 heterocycles. The number of aryl methyl sites for hydroxylation is 1. The highest BCUT2D eigenvalue weighted by Crippen LogP contribution is 2.23. The van der Waals surface area contributed by atoms with Gasteiger partial charge in [0.25, 0.3) is 0 Å². The zero-order valence-corrected chi connectivity index (χ0v) is 12.9. The van der Waals surface area contributed by atoms with Crippen molar-refractivity contribution in [3.63, 3.8) is 0 Å². The fraction of sp³-hybridized carbons (Fsp3) is 0.429. The first-order chi connectivity index (χ1) is 10.1. The topological polar surface area (TPSA) is 41.0 Å². The van der Waals surface area contributed by atoms with Crippen molar-refractivity contribution in [3.05, 3.63) is 27.7 Å². The first kappa shape index (κ1) is 14.5. The maximum absolute atomic E-state index is 13.5. The van der Waals surface area contributed by atoms with Gasteiger partial charge in [-0.3, -0.25) is 4.79 Å². The number of carbonyl (C=O) groups is 1. The second kappa shape index (κ2) is 5.77. The molecular weight excluding hydrogens is 313 g/mol. The molecule has 0 unspecified atom stereocenters. The SMILES string of the molecule is O=C(CCn1c(=S)[nH]c2cc(F)c(Cl)cc21)N1CCCC1. The van der Waals surface area contributed by atoms with E-state index in [0.29, 0.717) is 23.3 Å². The third-order valence-corrected chi connectivity index (χ3v) is 4.44. The molecular formula is C14H15ClFN3OS. The summed E-state index contributed by atoms with van der Waals surface area (Å²) in [6.07, 6.45) is 2.54. The molecule has 7 heteroatoms. The maximum atomic E-state index is 13.5. The number of rotatable bonds is 3. The third-order valence-electron chi connectivity index (χ3n) is 3.82. The number of hydrogen-bond acceptors (Lipinski definition) is 2. The van der Waals surface area contributed by atoms with Crippen molar-refractivity contribution in [3.8, 4) is 0 Å². The Morgan fingerprint density at radius 3 is 2.81 bits per heavy atom. The summed E-state index contributed by atoms with van der Waals surface area (Å²) in [7, 11) is 0. The van der Waals surface area contributed by atoms with Crippen LogP contribution in [0.15, 0.2) is 12.1 Å². The number of benzene rings is 1. The van der Waals surface area contributed by atoms with E-state index < -0.39 is 5.82 Å². The summed E-state index contributed by atoms with van der Waals surface area (Å²) < 4.78 is 15.7. The summed E-state index contributed by atoms with van der Waals surface area (Å²) in [5.74, 6) is -0.349. The monoisotopic (exact) mass is 327 g/mol. The highest BCUT2D eigenvalue weighted by Gasteiger charge is 2.18. The smallest absolute Gasteiger partial charge is 0.224 e. The van der Waals surface area contributed by atoms with Gasteiger partial charge in [-0.15, -0.1) is 0 Å². The van der Waals surface area contributed by atoms with Crippen LogP contribution in [0.5, 0.6) is 0 Å². The van der Waals surface area contributed by atoms with Gasteiger partial charge in [-0.1, -0.05) is 11.6 Å². The van der Waals surface area contributed by atoms with Crippen molar-refractivity contribution in [2.45, 2.75) is 25.8 Å². The first-order valence-corrected chi connectivity index (χ1v) is 7.70. The molecule has 3 rings (SSSR count). The van der Waals surface area contributed by atoms with Crippen molar-refractivity contribution in [1.29, 1.82) is 0 Å². The van der Waals surface area contributed by atoms with Crippen LogP contribution in [0.4, 0.5) is 4.39 Å². The van der Waals surface area contributed by atoms with Gasteiger partial charge in [0, 0.05) is 32.1 Å². The van der Waals surface area contributed by atoms with Crippen molar-refractivity contribution in [2.75, 3.05) is 13.1 Å². The quantitative estimate of drug-likeness (QED) is 0.877. The lowest BCUT2D eigenvalue weighted by atomic mass is 10.3. The van der Waals surface area contributed by atoms with Crippen LogP contribution < -0.4 is 0 Å². The predicted octanol–water partition coefficient (Wildman–Crippen LogP) is 3.50. The van der Waals surface area contributed by atoms with Gasteiger partial charge in [-0.05, 0) is 31.1 Å². The van der Waals surface area contributed by atoms with E-state index in [9.17, 15) is 9.18 Å². The number of likely N-dealkylation sites (tertiary alicyclic amines) is 1. The fourth-order valence-corrected chi connectivity index (χ4v) is 3.16. The van der Waals surface area contributed by atoms with E-state index in [1.807, 2.05) is 4.90 Å². The molecule has 1 aromatic carbocycles. The summed E-state index contributed by atoms with van der Waals surface area (Å²) in [5, 5.41) is 0.0520. The van der Waals surface area contributed by atoms with Gasteiger partial charge in [0.15, 0.2) is 4.77 Å². The van der Waals surface area contributed by atoms with Crippen LogP contribution in [-0.4, -0.2) is 33.4 Å². The number of H-pyrrole nitrogens is 1. The molecule has 0 saturated carbocycles. The molecule has 1 aliphatic heterocycles. The number of aromatic amines is 1. The van der Waals surface area contributed by atoms with Crippen LogP contribution in [0, 0.1) is 10.6 Å². The largest absolute Gasteiger partial charge is 0.343 e. The highest BCUT2D eigenvalue weighted by molar-refractivity contribution is 7.71. The number of nitrogens with zero attached hydrogens (tertiary/aromatic N) is 2. The number of hydrogen-bond donors (Lipinski definition) is 1. The number of aromatic nitrogens is 2. The maximum Gasteiger partial charge on any atom is 0.224 e. The zero-order valence-electron chi connectivity index (χ0n) is 11.4. The number of imidazole rings is 1. The molecule has 1 aliphatic rings. The minimum absolute atomic E-state index is 0.0520. The Balaban J connectivity index is 1.83. The molecule has 1 fully saturated rings. The van der Waals surface area contributed by atoms with Gasteiger partial charge in [-0.2, -0.15) is 0 Å². The van der Waals surface area contributed by atoms with Crippen LogP contribution in [-0.2, 0) is 11.3 Å². The van der Waals surface area contributed by atoms with Gasteiger partial charge in [0.2, 0.25) is 5.91 Å². The molecule has 21 heavy (non-hydrogen) atoms. The molecule has 1 amide bonds. The van der Waals surface area contributed by atoms with Crippen molar-refractivity contribution in [2.24, 2.45) is 0 Å². The predicted molar refractivity (Wildman–Crippen MR) is 82.5 cm³/mol. The number of halogens is 2. The lowest BCUT2D eigenvalue weighted by Gasteiger charge is -2.15. The lowest BCUT2D eigenvalue weighted by molar-refractivity contribution is -0.130. The van der Waals surface area contributed by atoms with Crippen molar-refractivity contribution < 1.29 is 9.18 Å². The summed E-state index contributed by atoms with van der Waals surface area (Å²) in [6, 6.07) is 2.87. The number of carbonyl (C=O) groups excluding carboxylic acids is 1. The molecule has 0 atom stereocenters. The molecule has 4 nitrogen and oxygen atoms in total. The van der Waals surface area contributed by atoms with Crippen LogP contribution in [0.1, 0.15) is 19.3 Å². The molecule has 1 saturated heterocycles. The minimum Gasteiger partial charge on any atom is -0.343 e. The molecule has 0 radical (unpaired) electrons. The summed E-state index contributed by atoms with van der Waals surface area (Å²) in [5.41, 5.74) is 1.32. The zero-order chi connectivity index (χ0) is 15.0. The van der Waals surface area contributed by atoms with Crippen LogP contribution in [0.2, 0.25) is 5.02 Å². The van der Waals surface area contributed by atoms with E-state index in [2.05, 4.69) is 4.98 Å². The molecule has 0 spiro atoms. The third kappa shape index (κ3) is 2.82. The van der Waals surface area contributed by atoms with Gasteiger partial charge in [0.1, 0.15) is 5.82 Å². The summed E-state index contributed by atoms with van der Waals surface area (Å²) in [6.45, 7) is 2.15. The van der Waals surface area contributed by atoms with Crippen molar-refractivity contribution in [1.82, 2.24) is 14.5 Å². The van der Waals surface area contributed by atoms with Crippen LogP contribution in [0.25, 0.3) is 11.0 Å². The molecule has 0 bridgehead atoms. The van der Waals surface area contributed by atoms with Gasteiger partial charge >= 0.3 is 0 Å². The fourth-order valence-electron chi connectivity index (χ4n) is 2.71. The molecule has 1 N–H and O–H groups in total. The summed E-state index contributed by atoms with van der Waals surface area (Å²) in [4.78, 5) is 16.9. The second-order valence-electron chi connectivity index (χ2n) is 5.20. The molecule has 112 valence electrons. The average molecular weight is 328 g/mol. The molecule has 1 aromatic heterocycles.